The molecule has 0 bridgehead atoms. The van der Waals surface area contributed by atoms with Crippen molar-refractivity contribution in [3.05, 3.63) is 23.0 Å². The summed E-state index contributed by atoms with van der Waals surface area (Å²) in [5.41, 5.74) is 6.31. The van der Waals surface area contributed by atoms with E-state index in [0.717, 1.165) is 6.42 Å². The highest BCUT2D eigenvalue weighted by Gasteiger charge is 2.11. The molecule has 4 heteroatoms. The van der Waals surface area contributed by atoms with Gasteiger partial charge < -0.3 is 11.1 Å². The van der Waals surface area contributed by atoms with E-state index in [4.69, 9.17) is 17.3 Å². The van der Waals surface area contributed by atoms with Gasteiger partial charge in [0.05, 0.1) is 16.4 Å². The van der Waals surface area contributed by atoms with Crippen LogP contribution < -0.4 is 11.1 Å². The van der Waals surface area contributed by atoms with Gasteiger partial charge in [0.15, 0.2) is 5.82 Å². The van der Waals surface area contributed by atoms with Crippen molar-refractivity contribution in [3.63, 3.8) is 0 Å². The molecule has 0 radical (unpaired) electrons. The number of hydrogen-bond acceptors (Lipinski definition) is 2. The molecule has 1 atom stereocenters. The summed E-state index contributed by atoms with van der Waals surface area (Å²) in [5, 5.41) is 3.07. The van der Waals surface area contributed by atoms with E-state index in [2.05, 4.69) is 5.32 Å². The second-order valence-electron chi connectivity index (χ2n) is 3.28. The van der Waals surface area contributed by atoms with Crippen LogP contribution in [0.3, 0.4) is 0 Å². The van der Waals surface area contributed by atoms with E-state index in [-0.39, 0.29) is 11.1 Å². The van der Waals surface area contributed by atoms with Crippen molar-refractivity contribution in [1.82, 2.24) is 0 Å². The molecule has 14 heavy (non-hydrogen) atoms. The van der Waals surface area contributed by atoms with Crippen LogP contribution in [0.2, 0.25) is 5.02 Å². The van der Waals surface area contributed by atoms with E-state index in [1.807, 2.05) is 13.8 Å². The summed E-state index contributed by atoms with van der Waals surface area (Å²) in [7, 11) is 0. The highest BCUT2D eigenvalue weighted by molar-refractivity contribution is 6.31. The highest BCUT2D eigenvalue weighted by atomic mass is 35.5. The van der Waals surface area contributed by atoms with E-state index >= 15 is 0 Å². The Kier molecular flexibility index (Phi) is 3.58. The number of nitrogen functional groups attached to an aromatic ring is 1. The van der Waals surface area contributed by atoms with Gasteiger partial charge in [-0.2, -0.15) is 0 Å². The zero-order chi connectivity index (χ0) is 10.7. The fraction of sp³-hybridized carbons (Fsp3) is 0.400. The lowest BCUT2D eigenvalue weighted by atomic mass is 10.2. The lowest BCUT2D eigenvalue weighted by molar-refractivity contribution is 0.626. The van der Waals surface area contributed by atoms with E-state index < -0.39 is 5.82 Å². The number of anilines is 2. The fourth-order valence-electron chi connectivity index (χ4n) is 1.06. The number of halogens is 2. The van der Waals surface area contributed by atoms with Crippen molar-refractivity contribution < 1.29 is 4.39 Å². The molecule has 0 heterocycles. The van der Waals surface area contributed by atoms with Gasteiger partial charge in [-0.1, -0.05) is 18.5 Å². The molecule has 0 saturated carbocycles. The monoisotopic (exact) mass is 216 g/mol. The first kappa shape index (κ1) is 11.1. The normalized spacial score (nSPS) is 12.6. The number of hydrogen-bond donors (Lipinski definition) is 2. The Morgan fingerprint density at radius 2 is 2.21 bits per heavy atom. The molecule has 1 rings (SSSR count). The van der Waals surface area contributed by atoms with E-state index in [9.17, 15) is 4.39 Å². The van der Waals surface area contributed by atoms with Gasteiger partial charge in [-0.15, -0.1) is 0 Å². The van der Waals surface area contributed by atoms with Gasteiger partial charge >= 0.3 is 0 Å². The fourth-order valence-corrected chi connectivity index (χ4v) is 1.22. The summed E-state index contributed by atoms with van der Waals surface area (Å²) in [6.07, 6.45) is 0.894. The standard InChI is InChI=1S/C10H14ClFN2/c1-3-6(2)14-10-8(13)5-4-7(11)9(10)12/h4-6,14H,3,13H2,1-2H3. The Bertz CT molecular complexity index is 328. The summed E-state index contributed by atoms with van der Waals surface area (Å²) in [5.74, 6) is -0.480. The summed E-state index contributed by atoms with van der Waals surface area (Å²) < 4.78 is 13.5. The van der Waals surface area contributed by atoms with Crippen LogP contribution >= 0.6 is 11.6 Å². The minimum absolute atomic E-state index is 0.0880. The smallest absolute Gasteiger partial charge is 0.166 e. The van der Waals surface area contributed by atoms with E-state index in [0.29, 0.717) is 11.4 Å². The molecule has 0 aliphatic carbocycles. The third-order valence-electron chi connectivity index (χ3n) is 2.13. The van der Waals surface area contributed by atoms with Crippen molar-refractivity contribution >= 4 is 23.0 Å². The predicted molar refractivity (Wildman–Crippen MR) is 59.2 cm³/mol. The van der Waals surface area contributed by atoms with Crippen molar-refractivity contribution in [2.45, 2.75) is 26.3 Å². The van der Waals surface area contributed by atoms with Crippen LogP contribution in [-0.4, -0.2) is 6.04 Å². The maximum absolute atomic E-state index is 13.5. The largest absolute Gasteiger partial charge is 0.397 e. The molecule has 0 aliphatic heterocycles. The van der Waals surface area contributed by atoms with Crippen molar-refractivity contribution in [2.75, 3.05) is 11.1 Å². The SMILES string of the molecule is CCC(C)Nc1c(N)ccc(Cl)c1F. The lowest BCUT2D eigenvalue weighted by Crippen LogP contribution is -2.16. The lowest BCUT2D eigenvalue weighted by Gasteiger charge is -2.16. The molecule has 0 aliphatic rings. The average Bonchev–Trinajstić information content (AvgIpc) is 2.18. The zero-order valence-electron chi connectivity index (χ0n) is 8.27. The Hall–Kier alpha value is -0.960. The highest BCUT2D eigenvalue weighted by Crippen LogP contribution is 2.29. The minimum Gasteiger partial charge on any atom is -0.397 e. The molecule has 0 amide bonds. The zero-order valence-corrected chi connectivity index (χ0v) is 9.03. The van der Waals surface area contributed by atoms with Crippen molar-refractivity contribution in [3.8, 4) is 0 Å². The first-order valence-corrected chi connectivity index (χ1v) is 4.94. The van der Waals surface area contributed by atoms with Crippen molar-refractivity contribution in [1.29, 1.82) is 0 Å². The van der Waals surface area contributed by atoms with Crippen LogP contribution in [0.1, 0.15) is 20.3 Å². The van der Waals surface area contributed by atoms with E-state index in [1.54, 1.807) is 6.07 Å². The quantitative estimate of drug-likeness (QED) is 0.762. The molecule has 3 N–H and O–H groups in total. The van der Waals surface area contributed by atoms with Gasteiger partial charge in [-0.25, -0.2) is 4.39 Å². The van der Waals surface area contributed by atoms with Crippen LogP contribution in [-0.2, 0) is 0 Å². The van der Waals surface area contributed by atoms with Gasteiger partial charge in [0.1, 0.15) is 0 Å². The maximum Gasteiger partial charge on any atom is 0.166 e. The predicted octanol–water partition coefficient (Wildman–Crippen LogP) is 3.27. The van der Waals surface area contributed by atoms with Crippen LogP contribution in [0.5, 0.6) is 0 Å². The average molecular weight is 217 g/mol. The number of benzene rings is 1. The molecule has 78 valence electrons. The van der Waals surface area contributed by atoms with Gasteiger partial charge in [-0.3, -0.25) is 0 Å². The summed E-state index contributed by atoms with van der Waals surface area (Å²) in [4.78, 5) is 0. The number of nitrogens with two attached hydrogens (primary N) is 1. The third kappa shape index (κ3) is 2.29. The summed E-state index contributed by atoms with van der Waals surface area (Å²) in [6.45, 7) is 3.97. The second kappa shape index (κ2) is 4.51. The van der Waals surface area contributed by atoms with E-state index in [1.165, 1.54) is 6.07 Å². The number of nitrogens with one attached hydrogen (secondary N) is 1. The van der Waals surface area contributed by atoms with Gasteiger partial charge in [0.25, 0.3) is 0 Å². The molecule has 2 nitrogen and oxygen atoms in total. The molecule has 1 unspecified atom stereocenters. The minimum atomic E-state index is -0.480. The topological polar surface area (TPSA) is 38.0 Å². The van der Waals surface area contributed by atoms with Crippen LogP contribution in [0.25, 0.3) is 0 Å². The molecule has 1 aromatic rings. The third-order valence-corrected chi connectivity index (χ3v) is 2.42. The van der Waals surface area contributed by atoms with Gasteiger partial charge in [0.2, 0.25) is 0 Å². The Morgan fingerprint density at radius 1 is 1.57 bits per heavy atom. The van der Waals surface area contributed by atoms with Crippen LogP contribution in [0.15, 0.2) is 12.1 Å². The molecule has 0 aromatic heterocycles. The first-order valence-electron chi connectivity index (χ1n) is 4.56. The Balaban J connectivity index is 3.00. The van der Waals surface area contributed by atoms with Crippen LogP contribution in [0, 0.1) is 5.82 Å². The van der Waals surface area contributed by atoms with Gasteiger partial charge in [-0.05, 0) is 25.5 Å². The van der Waals surface area contributed by atoms with Crippen LogP contribution in [0.4, 0.5) is 15.8 Å². The molecule has 1 aromatic carbocycles. The molecule has 0 saturated heterocycles. The Labute approximate surface area is 88.2 Å². The second-order valence-corrected chi connectivity index (χ2v) is 3.69. The summed E-state index contributed by atoms with van der Waals surface area (Å²) in [6, 6.07) is 3.22. The Morgan fingerprint density at radius 3 is 2.79 bits per heavy atom. The molecular weight excluding hydrogens is 203 g/mol. The molecular formula is C10H14ClFN2. The van der Waals surface area contributed by atoms with Crippen molar-refractivity contribution in [2.24, 2.45) is 0 Å². The van der Waals surface area contributed by atoms with Gasteiger partial charge in [0, 0.05) is 6.04 Å². The molecule has 0 fully saturated rings. The maximum atomic E-state index is 13.5. The number of rotatable bonds is 3. The summed E-state index contributed by atoms with van der Waals surface area (Å²) >= 11 is 5.64. The first-order chi connectivity index (χ1) is 6.56. The molecule has 0 spiro atoms.